The van der Waals surface area contributed by atoms with E-state index in [1.54, 1.807) is 20.8 Å². The molecule has 0 aliphatic heterocycles. The van der Waals surface area contributed by atoms with Gasteiger partial charge in [-0.2, -0.15) is 0 Å². The zero-order chi connectivity index (χ0) is 28.3. The van der Waals surface area contributed by atoms with E-state index in [9.17, 15) is 9.59 Å². The highest BCUT2D eigenvalue weighted by molar-refractivity contribution is 5.68. The predicted molar refractivity (Wildman–Crippen MR) is 142 cm³/mol. The molecule has 0 aliphatic rings. The highest BCUT2D eigenvalue weighted by Crippen LogP contribution is 2.08. The Balaban J connectivity index is 0.000000757. The third kappa shape index (κ3) is 21.4. The molecule has 0 saturated heterocycles. The number of nitrogens with one attached hydrogen (secondary N) is 2. The van der Waals surface area contributed by atoms with Gasteiger partial charge in [0.15, 0.2) is 0 Å². The van der Waals surface area contributed by atoms with Crippen molar-refractivity contribution in [1.29, 1.82) is 0 Å². The van der Waals surface area contributed by atoms with E-state index in [0.29, 0.717) is 33.0 Å². The first-order valence-electron chi connectivity index (χ1n) is 12.7. The molecule has 0 spiro atoms. The van der Waals surface area contributed by atoms with E-state index < -0.39 is 29.4 Å². The monoisotopic (exact) mass is 528 g/mol. The van der Waals surface area contributed by atoms with Gasteiger partial charge in [0.1, 0.15) is 11.2 Å². The van der Waals surface area contributed by atoms with E-state index in [2.05, 4.69) is 10.6 Å². The zero-order valence-corrected chi connectivity index (χ0v) is 23.8. The molecular weight excluding hydrogens is 480 g/mol. The molecule has 0 radical (unpaired) electrons. The lowest BCUT2D eigenvalue weighted by atomic mass is 10.2. The Morgan fingerprint density at radius 3 is 1.62 bits per heavy atom. The molecule has 0 bridgehead atoms. The van der Waals surface area contributed by atoms with Crippen molar-refractivity contribution in [1.82, 2.24) is 10.6 Å². The summed E-state index contributed by atoms with van der Waals surface area (Å²) in [4.78, 5) is 23.1. The van der Waals surface area contributed by atoms with E-state index >= 15 is 0 Å². The van der Waals surface area contributed by atoms with E-state index in [-0.39, 0.29) is 19.3 Å². The average Bonchev–Trinajstić information content (AvgIpc) is 2.78. The van der Waals surface area contributed by atoms with Crippen LogP contribution in [0.15, 0.2) is 30.3 Å². The summed E-state index contributed by atoms with van der Waals surface area (Å²) in [5.74, 6) is 0. The van der Waals surface area contributed by atoms with Crippen molar-refractivity contribution >= 4 is 12.2 Å². The largest absolute Gasteiger partial charge is 0.444 e. The van der Waals surface area contributed by atoms with Gasteiger partial charge < -0.3 is 39.4 Å². The summed E-state index contributed by atoms with van der Waals surface area (Å²) in [6, 6.07) is 9.24. The Morgan fingerprint density at radius 1 is 0.757 bits per heavy atom. The normalized spacial score (nSPS) is 13.0. The van der Waals surface area contributed by atoms with Crippen molar-refractivity contribution in [3.05, 3.63) is 35.9 Å². The minimum Gasteiger partial charge on any atom is -0.444 e. The molecule has 0 heterocycles. The molecule has 1 rings (SSSR count). The van der Waals surface area contributed by atoms with Gasteiger partial charge in [-0.15, -0.1) is 0 Å². The van der Waals surface area contributed by atoms with Crippen LogP contribution in [-0.4, -0.2) is 80.2 Å². The molecule has 0 saturated carbocycles. The summed E-state index contributed by atoms with van der Waals surface area (Å²) in [6.45, 7) is 17.1. The smallest absolute Gasteiger partial charge is 0.408 e. The summed E-state index contributed by atoms with van der Waals surface area (Å²) >= 11 is 0. The van der Waals surface area contributed by atoms with E-state index in [0.717, 1.165) is 5.56 Å². The minimum absolute atomic E-state index is 0.167. The van der Waals surface area contributed by atoms with Crippen molar-refractivity contribution in [2.24, 2.45) is 0 Å². The third-order valence-electron chi connectivity index (χ3n) is 4.14. The second-order valence-corrected chi connectivity index (χ2v) is 10.2. The zero-order valence-electron chi connectivity index (χ0n) is 23.8. The summed E-state index contributed by atoms with van der Waals surface area (Å²) in [7, 11) is 0. The maximum absolute atomic E-state index is 11.8. The second kappa shape index (κ2) is 18.8. The van der Waals surface area contributed by atoms with Crippen LogP contribution in [0.4, 0.5) is 9.59 Å². The molecule has 214 valence electrons. The highest BCUT2D eigenvalue weighted by Gasteiger charge is 2.20. The number of carbonyl (C=O) groups is 2. The molecule has 1 aromatic rings. The quantitative estimate of drug-likeness (QED) is 0.350. The topological polar surface area (TPSA) is 125 Å². The van der Waals surface area contributed by atoms with Crippen molar-refractivity contribution in [2.75, 3.05) is 39.6 Å². The lowest BCUT2D eigenvalue weighted by Gasteiger charge is -2.23. The molecule has 37 heavy (non-hydrogen) atoms. The van der Waals surface area contributed by atoms with Crippen LogP contribution >= 0.6 is 0 Å². The fourth-order valence-electron chi connectivity index (χ4n) is 2.63. The van der Waals surface area contributed by atoms with Crippen LogP contribution in [0.1, 0.15) is 61.0 Å². The number of hydrogen-bond donors (Lipinski definition) is 3. The third-order valence-corrected chi connectivity index (χ3v) is 4.14. The van der Waals surface area contributed by atoms with E-state index in [4.69, 9.17) is 28.8 Å². The molecule has 3 N–H and O–H groups in total. The van der Waals surface area contributed by atoms with Crippen LogP contribution in [0, 0.1) is 0 Å². The first-order chi connectivity index (χ1) is 17.3. The van der Waals surface area contributed by atoms with Gasteiger partial charge in [0.05, 0.1) is 45.1 Å². The molecule has 10 nitrogen and oxygen atoms in total. The van der Waals surface area contributed by atoms with Crippen LogP contribution < -0.4 is 10.6 Å². The maximum atomic E-state index is 11.8. The lowest BCUT2D eigenvalue weighted by Crippen LogP contribution is -2.44. The van der Waals surface area contributed by atoms with Gasteiger partial charge >= 0.3 is 12.2 Å². The molecule has 1 aromatic carbocycles. The van der Waals surface area contributed by atoms with Crippen molar-refractivity contribution in [3.8, 4) is 0 Å². The Morgan fingerprint density at radius 2 is 1.19 bits per heavy atom. The first kappa shape index (κ1) is 34.6. The number of benzene rings is 1. The van der Waals surface area contributed by atoms with Crippen LogP contribution in [-0.2, 0) is 30.3 Å². The fraction of sp³-hybridized carbons (Fsp3) is 0.704. The fourth-order valence-corrected chi connectivity index (χ4v) is 2.63. The van der Waals surface area contributed by atoms with Crippen molar-refractivity contribution < 1.29 is 38.4 Å². The van der Waals surface area contributed by atoms with Crippen LogP contribution in [0.3, 0.4) is 0 Å². The lowest BCUT2D eigenvalue weighted by molar-refractivity contribution is 0.0277. The van der Waals surface area contributed by atoms with E-state index in [1.165, 1.54) is 0 Å². The number of aliphatic hydroxyl groups is 1. The molecule has 0 aliphatic carbocycles. The summed E-state index contributed by atoms with van der Waals surface area (Å²) < 4.78 is 26.4. The first-order valence-corrected chi connectivity index (χ1v) is 12.7. The molecule has 0 unspecified atom stereocenters. The summed E-state index contributed by atoms with van der Waals surface area (Å²) in [6.07, 6.45) is -0.998. The Labute approximate surface area is 222 Å². The van der Waals surface area contributed by atoms with Crippen LogP contribution in [0.5, 0.6) is 0 Å². The summed E-state index contributed by atoms with van der Waals surface area (Å²) in [5, 5.41) is 14.3. The van der Waals surface area contributed by atoms with Gasteiger partial charge in [0.2, 0.25) is 0 Å². The minimum atomic E-state index is -0.541. The molecule has 0 fully saturated rings. The van der Waals surface area contributed by atoms with Gasteiger partial charge in [0.25, 0.3) is 0 Å². The predicted octanol–water partition coefficient (Wildman–Crippen LogP) is 4.04. The number of amides is 2. The van der Waals surface area contributed by atoms with Gasteiger partial charge in [0, 0.05) is 13.2 Å². The molecule has 2 amide bonds. The van der Waals surface area contributed by atoms with Crippen LogP contribution in [0.2, 0.25) is 0 Å². The van der Waals surface area contributed by atoms with Crippen molar-refractivity contribution in [2.45, 2.75) is 85.3 Å². The number of ether oxygens (including phenoxy) is 5. The highest BCUT2D eigenvalue weighted by atomic mass is 16.6. The second-order valence-electron chi connectivity index (χ2n) is 10.2. The SMILES string of the molecule is CCOC[C@@H](CO)NC(=O)OC(C)(C)C.CCOC[C@@H](COCc1ccccc1)NC(=O)OC(C)(C)C. The Bertz CT molecular complexity index is 732. The number of alkyl carbamates (subject to hydrolysis) is 2. The molecular formula is C27H48N2O8. The van der Waals surface area contributed by atoms with Crippen LogP contribution in [0.25, 0.3) is 0 Å². The molecule has 0 aromatic heterocycles. The number of hydrogen-bond acceptors (Lipinski definition) is 8. The number of aliphatic hydroxyl groups excluding tert-OH is 1. The molecule has 10 heteroatoms. The van der Waals surface area contributed by atoms with Gasteiger partial charge in [-0.05, 0) is 61.0 Å². The Kier molecular flexibility index (Phi) is 17.6. The van der Waals surface area contributed by atoms with E-state index in [1.807, 2.05) is 65.0 Å². The standard InChI is InChI=1S/C17H27NO4.C10H21NO4/c1-5-20-12-15(18-16(19)22-17(2,3)4)13-21-11-14-9-7-6-8-10-14;1-5-14-7-8(6-12)11-9(13)15-10(2,3)4/h6-10,15H,5,11-13H2,1-4H3,(H,18,19);8,12H,5-7H2,1-4H3,(H,11,13)/t15-;8-/m01/s1. The maximum Gasteiger partial charge on any atom is 0.408 e. The summed E-state index contributed by atoms with van der Waals surface area (Å²) in [5.41, 5.74) is 0.0378. The number of rotatable bonds is 13. The van der Waals surface area contributed by atoms with Gasteiger partial charge in [-0.3, -0.25) is 0 Å². The average molecular weight is 529 g/mol. The number of carbonyl (C=O) groups excluding carboxylic acids is 2. The molecule has 2 atom stereocenters. The van der Waals surface area contributed by atoms with Gasteiger partial charge in [-0.1, -0.05) is 30.3 Å². The Hall–Kier alpha value is -2.40. The van der Waals surface area contributed by atoms with Gasteiger partial charge in [-0.25, -0.2) is 9.59 Å². The van der Waals surface area contributed by atoms with Crippen molar-refractivity contribution in [3.63, 3.8) is 0 Å².